The fourth-order valence-electron chi connectivity index (χ4n) is 2.67. The first-order valence-corrected chi connectivity index (χ1v) is 7.48. The summed E-state index contributed by atoms with van der Waals surface area (Å²) in [6.07, 6.45) is 0.779. The smallest absolute Gasteiger partial charge is 0.407 e. The summed E-state index contributed by atoms with van der Waals surface area (Å²) in [6.45, 7) is 2.08. The molecule has 1 saturated heterocycles. The molecule has 1 fully saturated rings. The summed E-state index contributed by atoms with van der Waals surface area (Å²) in [4.78, 5) is 29.2. The largest absolute Gasteiger partial charge is 0.465 e. The lowest BCUT2D eigenvalue weighted by atomic mass is 10.1. The van der Waals surface area contributed by atoms with Gasteiger partial charge in [0.1, 0.15) is 5.82 Å². The van der Waals surface area contributed by atoms with Crippen molar-refractivity contribution in [3.05, 3.63) is 52.7 Å². The minimum Gasteiger partial charge on any atom is -0.465 e. The fourth-order valence-corrected chi connectivity index (χ4v) is 2.67. The Morgan fingerprint density at radius 2 is 1.88 bits per heavy atom. The van der Waals surface area contributed by atoms with Gasteiger partial charge in [0, 0.05) is 50.1 Å². The number of nitro benzene ring substituents is 1. The van der Waals surface area contributed by atoms with E-state index in [-0.39, 0.29) is 5.69 Å². The zero-order valence-corrected chi connectivity index (χ0v) is 12.8. The number of carboxylic acid groups (broad SMARTS) is 1. The molecule has 24 heavy (non-hydrogen) atoms. The Balaban J connectivity index is 1.73. The molecule has 0 radical (unpaired) electrons. The van der Waals surface area contributed by atoms with Crippen LogP contribution in [0, 0.1) is 10.1 Å². The summed E-state index contributed by atoms with van der Waals surface area (Å²) >= 11 is 0. The van der Waals surface area contributed by atoms with E-state index >= 15 is 0 Å². The van der Waals surface area contributed by atoms with Gasteiger partial charge in [-0.25, -0.2) is 9.78 Å². The molecule has 0 aliphatic carbocycles. The van der Waals surface area contributed by atoms with Gasteiger partial charge in [-0.2, -0.15) is 0 Å². The average molecular weight is 328 g/mol. The third-order valence-electron chi connectivity index (χ3n) is 4.01. The highest BCUT2D eigenvalue weighted by atomic mass is 16.6. The third-order valence-corrected chi connectivity index (χ3v) is 4.01. The first kappa shape index (κ1) is 15.7. The van der Waals surface area contributed by atoms with Crippen LogP contribution in [-0.2, 0) is 0 Å². The molecule has 0 bridgehead atoms. The topological polar surface area (TPSA) is 99.8 Å². The molecule has 1 aliphatic rings. The molecule has 8 heteroatoms. The highest BCUT2D eigenvalue weighted by molar-refractivity contribution is 5.67. The van der Waals surface area contributed by atoms with Gasteiger partial charge in [0.15, 0.2) is 0 Å². The molecule has 2 aromatic rings. The lowest BCUT2D eigenvalue weighted by molar-refractivity contribution is -0.384. The molecule has 124 valence electrons. The van der Waals surface area contributed by atoms with Crippen molar-refractivity contribution in [3.8, 4) is 11.1 Å². The zero-order valence-electron chi connectivity index (χ0n) is 12.8. The van der Waals surface area contributed by atoms with E-state index in [1.54, 1.807) is 18.3 Å². The van der Waals surface area contributed by atoms with Crippen molar-refractivity contribution in [2.45, 2.75) is 0 Å². The van der Waals surface area contributed by atoms with Crippen molar-refractivity contribution in [1.82, 2.24) is 9.88 Å². The molecule has 0 atom stereocenters. The number of piperazine rings is 1. The van der Waals surface area contributed by atoms with Crippen molar-refractivity contribution < 1.29 is 14.8 Å². The Bertz CT molecular complexity index is 755. The number of benzene rings is 1. The minimum atomic E-state index is -0.899. The lowest BCUT2D eigenvalue weighted by Crippen LogP contribution is -2.48. The Hall–Kier alpha value is -3.16. The van der Waals surface area contributed by atoms with E-state index in [0.717, 1.165) is 16.9 Å². The number of pyridine rings is 1. The monoisotopic (exact) mass is 328 g/mol. The van der Waals surface area contributed by atoms with Gasteiger partial charge in [0.25, 0.3) is 5.69 Å². The standard InChI is InChI=1S/C16H16N4O4/c21-16(22)19-8-6-18(7-9-19)15-5-4-13(11-17-15)12-2-1-3-14(10-12)20(23)24/h1-5,10-11H,6-9H2,(H,21,22). The van der Waals surface area contributed by atoms with Crippen molar-refractivity contribution in [2.24, 2.45) is 0 Å². The average Bonchev–Trinajstić information content (AvgIpc) is 2.62. The molecule has 0 spiro atoms. The number of anilines is 1. The zero-order chi connectivity index (χ0) is 17.1. The second kappa shape index (κ2) is 6.53. The normalized spacial score (nSPS) is 14.5. The number of amides is 1. The van der Waals surface area contributed by atoms with E-state index in [0.29, 0.717) is 26.2 Å². The first-order valence-electron chi connectivity index (χ1n) is 7.48. The van der Waals surface area contributed by atoms with E-state index < -0.39 is 11.0 Å². The maximum absolute atomic E-state index is 10.9. The van der Waals surface area contributed by atoms with Crippen molar-refractivity contribution in [1.29, 1.82) is 0 Å². The molecule has 1 aliphatic heterocycles. The Morgan fingerprint density at radius 1 is 1.12 bits per heavy atom. The van der Waals surface area contributed by atoms with Crippen LogP contribution >= 0.6 is 0 Å². The van der Waals surface area contributed by atoms with Gasteiger partial charge >= 0.3 is 6.09 Å². The lowest BCUT2D eigenvalue weighted by Gasteiger charge is -2.33. The molecule has 0 saturated carbocycles. The Morgan fingerprint density at radius 3 is 2.46 bits per heavy atom. The number of nitrogens with zero attached hydrogens (tertiary/aromatic N) is 4. The summed E-state index contributed by atoms with van der Waals surface area (Å²) in [5.74, 6) is 0.772. The Kier molecular flexibility index (Phi) is 4.28. The predicted octanol–water partition coefficient (Wildman–Crippen LogP) is 2.46. The fraction of sp³-hybridized carbons (Fsp3) is 0.250. The number of non-ortho nitro benzene ring substituents is 1. The van der Waals surface area contributed by atoms with Crippen LogP contribution in [0.2, 0.25) is 0 Å². The van der Waals surface area contributed by atoms with Crippen LogP contribution in [-0.4, -0.2) is 52.2 Å². The number of carbonyl (C=O) groups is 1. The predicted molar refractivity (Wildman–Crippen MR) is 88.1 cm³/mol. The third kappa shape index (κ3) is 3.27. The van der Waals surface area contributed by atoms with Crippen LogP contribution in [0.5, 0.6) is 0 Å². The number of hydrogen-bond donors (Lipinski definition) is 1. The van der Waals surface area contributed by atoms with E-state index in [1.165, 1.54) is 17.0 Å². The molecule has 1 aromatic heterocycles. The van der Waals surface area contributed by atoms with Gasteiger partial charge in [-0.3, -0.25) is 10.1 Å². The van der Waals surface area contributed by atoms with E-state index in [2.05, 4.69) is 4.98 Å². The van der Waals surface area contributed by atoms with Gasteiger partial charge in [-0.15, -0.1) is 0 Å². The number of rotatable bonds is 3. The van der Waals surface area contributed by atoms with Crippen LogP contribution in [0.3, 0.4) is 0 Å². The number of hydrogen-bond acceptors (Lipinski definition) is 5. The quantitative estimate of drug-likeness (QED) is 0.686. The summed E-state index contributed by atoms with van der Waals surface area (Å²) in [5, 5.41) is 19.8. The number of aromatic nitrogens is 1. The second-order valence-corrected chi connectivity index (χ2v) is 5.47. The molecule has 1 N–H and O–H groups in total. The minimum absolute atomic E-state index is 0.0429. The van der Waals surface area contributed by atoms with Gasteiger partial charge in [-0.1, -0.05) is 12.1 Å². The van der Waals surface area contributed by atoms with Crippen LogP contribution in [0.25, 0.3) is 11.1 Å². The Labute approximate surface area is 138 Å². The van der Waals surface area contributed by atoms with Gasteiger partial charge in [0.05, 0.1) is 4.92 Å². The summed E-state index contributed by atoms with van der Waals surface area (Å²) in [6, 6.07) is 10.1. The molecule has 1 aromatic carbocycles. The van der Waals surface area contributed by atoms with Crippen molar-refractivity contribution >= 4 is 17.6 Å². The molecular weight excluding hydrogens is 312 g/mol. The van der Waals surface area contributed by atoms with Crippen LogP contribution in [0.15, 0.2) is 42.6 Å². The summed E-state index contributed by atoms with van der Waals surface area (Å²) in [5.41, 5.74) is 1.58. The van der Waals surface area contributed by atoms with Crippen molar-refractivity contribution in [3.63, 3.8) is 0 Å². The number of nitro groups is 1. The SMILES string of the molecule is O=C(O)N1CCN(c2ccc(-c3cccc([N+](=O)[O-])c3)cn2)CC1. The molecule has 0 unspecified atom stereocenters. The van der Waals surface area contributed by atoms with Crippen LogP contribution < -0.4 is 4.90 Å². The van der Waals surface area contributed by atoms with E-state index in [4.69, 9.17) is 5.11 Å². The maximum Gasteiger partial charge on any atom is 0.407 e. The van der Waals surface area contributed by atoms with Gasteiger partial charge < -0.3 is 14.9 Å². The summed E-state index contributed by atoms with van der Waals surface area (Å²) < 4.78 is 0. The molecule has 2 heterocycles. The van der Waals surface area contributed by atoms with Gasteiger partial charge in [-0.05, 0) is 17.7 Å². The van der Waals surface area contributed by atoms with Crippen LogP contribution in [0.4, 0.5) is 16.3 Å². The highest BCUT2D eigenvalue weighted by Crippen LogP contribution is 2.25. The van der Waals surface area contributed by atoms with Crippen molar-refractivity contribution in [2.75, 3.05) is 31.1 Å². The van der Waals surface area contributed by atoms with E-state index in [1.807, 2.05) is 17.0 Å². The summed E-state index contributed by atoms with van der Waals surface area (Å²) in [7, 11) is 0. The molecule has 3 rings (SSSR count). The van der Waals surface area contributed by atoms with E-state index in [9.17, 15) is 14.9 Å². The maximum atomic E-state index is 10.9. The molecule has 1 amide bonds. The first-order chi connectivity index (χ1) is 11.5. The molecular formula is C16H16N4O4. The van der Waals surface area contributed by atoms with Crippen LogP contribution in [0.1, 0.15) is 0 Å². The molecule has 8 nitrogen and oxygen atoms in total. The van der Waals surface area contributed by atoms with Gasteiger partial charge in [0.2, 0.25) is 0 Å². The second-order valence-electron chi connectivity index (χ2n) is 5.47. The highest BCUT2D eigenvalue weighted by Gasteiger charge is 2.21.